The van der Waals surface area contributed by atoms with Crippen LogP contribution in [-0.4, -0.2) is 43.8 Å². The van der Waals surface area contributed by atoms with Crippen LogP contribution in [0.2, 0.25) is 5.02 Å². The van der Waals surface area contributed by atoms with Gasteiger partial charge in [-0.15, -0.1) is 0 Å². The van der Waals surface area contributed by atoms with Crippen molar-refractivity contribution in [3.8, 4) is 0 Å². The number of benzene rings is 2. The summed E-state index contributed by atoms with van der Waals surface area (Å²) in [7, 11) is 6.25. The van der Waals surface area contributed by atoms with E-state index >= 15 is 0 Å². The molecule has 2 aromatic rings. The zero-order chi connectivity index (χ0) is 16.7. The first-order valence-corrected chi connectivity index (χ1v) is 8.27. The molecule has 23 heavy (non-hydrogen) atoms. The van der Waals surface area contributed by atoms with E-state index in [1.807, 2.05) is 24.3 Å². The average Bonchev–Trinajstić information content (AvgIpc) is 2.47. The highest BCUT2D eigenvalue weighted by Crippen LogP contribution is 2.15. The minimum Gasteiger partial charge on any atom is -0.300 e. The van der Waals surface area contributed by atoms with Crippen LogP contribution < -0.4 is 0 Å². The second kappa shape index (κ2) is 8.46. The van der Waals surface area contributed by atoms with Gasteiger partial charge in [0.1, 0.15) is 13.2 Å². The fraction of sp³-hybridized carbons (Fsp3) is 0.368. The minimum absolute atomic E-state index is 0.486. The van der Waals surface area contributed by atoms with Crippen molar-refractivity contribution >= 4 is 11.6 Å². The monoisotopic (exact) mass is 333 g/mol. The highest BCUT2D eigenvalue weighted by molar-refractivity contribution is 6.30. The molecule has 0 fully saturated rings. The molecule has 0 N–H and O–H groups in total. The SMILES string of the molecule is CN(CCO[N+](C)(C)Cc1cccc(Cl)c1)Cc1ccccc1. The van der Waals surface area contributed by atoms with Gasteiger partial charge in [-0.2, -0.15) is 4.65 Å². The van der Waals surface area contributed by atoms with Crippen LogP contribution in [0.3, 0.4) is 0 Å². The Kier molecular flexibility index (Phi) is 6.60. The van der Waals surface area contributed by atoms with Gasteiger partial charge >= 0.3 is 0 Å². The van der Waals surface area contributed by atoms with Crippen LogP contribution in [0.5, 0.6) is 0 Å². The van der Waals surface area contributed by atoms with Gasteiger partial charge in [-0.25, -0.2) is 4.84 Å². The second-order valence-electron chi connectivity index (χ2n) is 6.42. The maximum atomic E-state index is 6.04. The molecule has 0 aliphatic heterocycles. The minimum atomic E-state index is 0.486. The van der Waals surface area contributed by atoms with E-state index in [1.54, 1.807) is 0 Å². The van der Waals surface area contributed by atoms with Crippen LogP contribution in [0.1, 0.15) is 11.1 Å². The maximum absolute atomic E-state index is 6.04. The highest BCUT2D eigenvalue weighted by Gasteiger charge is 2.18. The standard InChI is InChI=1S/C19H26ClN2O/c1-21(15-17-8-5-4-6-9-17)12-13-23-22(2,3)16-18-10-7-11-19(20)14-18/h4-11,14H,12-13,15-16H2,1-3H3/q+1. The van der Waals surface area contributed by atoms with E-state index < -0.39 is 0 Å². The van der Waals surface area contributed by atoms with Gasteiger partial charge in [-0.3, -0.25) is 4.90 Å². The summed E-state index contributed by atoms with van der Waals surface area (Å²) >= 11 is 6.04. The normalized spacial score (nSPS) is 11.9. The first kappa shape index (κ1) is 18.0. The summed E-state index contributed by atoms with van der Waals surface area (Å²) in [4.78, 5) is 8.31. The van der Waals surface area contributed by atoms with Crippen molar-refractivity contribution in [1.29, 1.82) is 0 Å². The molecular weight excluding hydrogens is 308 g/mol. The third-order valence-electron chi connectivity index (χ3n) is 3.66. The van der Waals surface area contributed by atoms with E-state index in [0.29, 0.717) is 11.3 Å². The van der Waals surface area contributed by atoms with Gasteiger partial charge in [-0.1, -0.05) is 54.1 Å². The predicted molar refractivity (Wildman–Crippen MR) is 96.0 cm³/mol. The molecule has 0 aliphatic carbocycles. The van der Waals surface area contributed by atoms with Gasteiger partial charge in [0, 0.05) is 23.7 Å². The molecule has 0 atom stereocenters. The first-order chi connectivity index (χ1) is 10.9. The van der Waals surface area contributed by atoms with Gasteiger partial charge in [-0.05, 0) is 24.7 Å². The van der Waals surface area contributed by atoms with Crippen LogP contribution in [0.25, 0.3) is 0 Å². The van der Waals surface area contributed by atoms with E-state index in [1.165, 1.54) is 11.1 Å². The zero-order valence-electron chi connectivity index (χ0n) is 14.2. The lowest BCUT2D eigenvalue weighted by Crippen LogP contribution is -2.40. The van der Waals surface area contributed by atoms with Crippen LogP contribution >= 0.6 is 11.6 Å². The number of hydroxylamine groups is 3. The molecule has 2 rings (SSSR count). The Balaban J connectivity index is 1.75. The number of hydrogen-bond acceptors (Lipinski definition) is 2. The molecule has 2 aromatic carbocycles. The molecule has 0 aromatic heterocycles. The first-order valence-electron chi connectivity index (χ1n) is 7.89. The lowest BCUT2D eigenvalue weighted by molar-refractivity contribution is -1.09. The number of quaternary nitrogens is 1. The van der Waals surface area contributed by atoms with Gasteiger partial charge in [0.2, 0.25) is 0 Å². The summed E-state index contributed by atoms with van der Waals surface area (Å²) in [5.74, 6) is 0. The number of halogens is 1. The lowest BCUT2D eigenvalue weighted by Gasteiger charge is -2.28. The number of hydrogen-bond donors (Lipinski definition) is 0. The van der Waals surface area contributed by atoms with Crippen molar-refractivity contribution in [2.24, 2.45) is 0 Å². The van der Waals surface area contributed by atoms with Crippen LogP contribution in [0.15, 0.2) is 54.6 Å². The zero-order valence-corrected chi connectivity index (χ0v) is 15.0. The molecule has 0 bridgehead atoms. The maximum Gasteiger partial charge on any atom is 0.134 e. The topological polar surface area (TPSA) is 12.5 Å². The van der Waals surface area contributed by atoms with E-state index in [-0.39, 0.29) is 0 Å². The largest absolute Gasteiger partial charge is 0.300 e. The molecule has 4 heteroatoms. The van der Waals surface area contributed by atoms with Crippen molar-refractivity contribution in [3.05, 3.63) is 70.7 Å². The summed E-state index contributed by atoms with van der Waals surface area (Å²) in [6.07, 6.45) is 0. The molecule has 0 spiro atoms. The Morgan fingerprint density at radius 1 is 1.00 bits per heavy atom. The molecule has 0 radical (unpaired) electrons. The third kappa shape index (κ3) is 6.71. The van der Waals surface area contributed by atoms with Gasteiger partial charge in [0.05, 0.1) is 14.1 Å². The highest BCUT2D eigenvalue weighted by atomic mass is 35.5. The smallest absolute Gasteiger partial charge is 0.134 e. The number of nitrogens with zero attached hydrogens (tertiary/aromatic N) is 2. The number of likely N-dealkylation sites (N-methyl/N-ethyl adjacent to an activating group) is 1. The van der Waals surface area contributed by atoms with Crippen LogP contribution in [0, 0.1) is 0 Å². The summed E-state index contributed by atoms with van der Waals surface area (Å²) in [6, 6.07) is 18.4. The summed E-state index contributed by atoms with van der Waals surface area (Å²) in [5, 5.41) is 0.769. The molecule has 124 valence electrons. The Morgan fingerprint density at radius 2 is 1.70 bits per heavy atom. The number of rotatable bonds is 8. The van der Waals surface area contributed by atoms with E-state index in [0.717, 1.165) is 24.7 Å². The predicted octanol–water partition coefficient (Wildman–Crippen LogP) is 3.98. The second-order valence-corrected chi connectivity index (χ2v) is 6.85. The van der Waals surface area contributed by atoms with Gasteiger partial charge in [0.25, 0.3) is 0 Å². The third-order valence-corrected chi connectivity index (χ3v) is 3.90. The van der Waals surface area contributed by atoms with Gasteiger partial charge < -0.3 is 0 Å². The van der Waals surface area contributed by atoms with Gasteiger partial charge in [0.15, 0.2) is 0 Å². The summed E-state index contributed by atoms with van der Waals surface area (Å²) in [5.41, 5.74) is 2.50. The molecule has 3 nitrogen and oxygen atoms in total. The van der Waals surface area contributed by atoms with E-state index in [4.69, 9.17) is 16.4 Å². The average molecular weight is 334 g/mol. The lowest BCUT2D eigenvalue weighted by atomic mass is 10.2. The molecule has 0 saturated heterocycles. The Hall–Kier alpha value is -1.39. The molecule has 0 aliphatic rings. The van der Waals surface area contributed by atoms with Crippen molar-refractivity contribution in [2.75, 3.05) is 34.3 Å². The Morgan fingerprint density at radius 3 is 2.39 bits per heavy atom. The molecule has 0 unspecified atom stereocenters. The summed E-state index contributed by atoms with van der Waals surface area (Å²) in [6.45, 7) is 3.32. The Labute approximate surface area is 144 Å². The van der Waals surface area contributed by atoms with Crippen molar-refractivity contribution in [2.45, 2.75) is 13.1 Å². The van der Waals surface area contributed by atoms with Crippen LogP contribution in [0.4, 0.5) is 0 Å². The Bertz CT molecular complexity index is 601. The molecule has 0 heterocycles. The molecule has 0 saturated carbocycles. The van der Waals surface area contributed by atoms with Crippen molar-refractivity contribution < 1.29 is 9.48 Å². The van der Waals surface area contributed by atoms with Crippen LogP contribution in [-0.2, 0) is 17.9 Å². The van der Waals surface area contributed by atoms with E-state index in [2.05, 4.69) is 56.4 Å². The van der Waals surface area contributed by atoms with Crippen molar-refractivity contribution in [3.63, 3.8) is 0 Å². The summed E-state index contributed by atoms with van der Waals surface area (Å²) < 4.78 is 0.486. The molecular formula is C19H26ClN2O+. The molecule has 0 amide bonds. The fourth-order valence-corrected chi connectivity index (χ4v) is 2.75. The quantitative estimate of drug-likeness (QED) is 0.535. The van der Waals surface area contributed by atoms with E-state index in [9.17, 15) is 0 Å². The fourth-order valence-electron chi connectivity index (χ4n) is 2.54. The van der Waals surface area contributed by atoms with Crippen molar-refractivity contribution in [1.82, 2.24) is 4.90 Å².